The summed E-state index contributed by atoms with van der Waals surface area (Å²) in [6.45, 7) is 4.72. The Labute approximate surface area is 166 Å². The lowest BCUT2D eigenvalue weighted by molar-refractivity contribution is 0.659. The number of thiophene rings is 1. The third-order valence-corrected chi connectivity index (χ3v) is 6.53. The number of hydrogen-bond donors (Lipinski definition) is 0. The predicted molar refractivity (Wildman–Crippen MR) is 115 cm³/mol. The molecular weight excluding hydrogens is 372 g/mol. The molecule has 0 N–H and O–H groups in total. The van der Waals surface area contributed by atoms with E-state index < -0.39 is 0 Å². The first-order chi connectivity index (χ1) is 13.1. The van der Waals surface area contributed by atoms with Crippen molar-refractivity contribution in [2.24, 2.45) is 0 Å². The summed E-state index contributed by atoms with van der Waals surface area (Å²) in [5, 5.41) is 2.71. The normalized spacial score (nSPS) is 11.2. The maximum atomic E-state index is 13.1. The SMILES string of the molecule is Cc1ccc(Cn2c(SCc3ccccc3C)nc3ccsc3c2=O)cc1. The van der Waals surface area contributed by atoms with E-state index in [2.05, 4.69) is 56.3 Å². The van der Waals surface area contributed by atoms with E-state index in [1.807, 2.05) is 22.1 Å². The van der Waals surface area contributed by atoms with Gasteiger partial charge < -0.3 is 0 Å². The topological polar surface area (TPSA) is 34.9 Å². The van der Waals surface area contributed by atoms with Crippen LogP contribution < -0.4 is 5.56 Å². The molecule has 0 amide bonds. The summed E-state index contributed by atoms with van der Waals surface area (Å²) in [5.41, 5.74) is 5.68. The van der Waals surface area contributed by atoms with Crippen LogP contribution in [-0.4, -0.2) is 9.55 Å². The Kier molecular flexibility index (Phi) is 5.14. The van der Waals surface area contributed by atoms with Crippen LogP contribution in [0.5, 0.6) is 0 Å². The number of hydrogen-bond acceptors (Lipinski definition) is 4. The number of nitrogens with zero attached hydrogens (tertiary/aromatic N) is 2. The second-order valence-corrected chi connectivity index (χ2v) is 8.48. The highest BCUT2D eigenvalue weighted by Crippen LogP contribution is 2.25. The molecule has 4 rings (SSSR count). The van der Waals surface area contributed by atoms with Gasteiger partial charge in [-0.2, -0.15) is 0 Å². The molecule has 0 aliphatic carbocycles. The molecule has 0 aliphatic heterocycles. The maximum Gasteiger partial charge on any atom is 0.272 e. The van der Waals surface area contributed by atoms with Crippen LogP contribution in [0.4, 0.5) is 0 Å². The maximum absolute atomic E-state index is 13.1. The smallest absolute Gasteiger partial charge is 0.272 e. The molecule has 27 heavy (non-hydrogen) atoms. The van der Waals surface area contributed by atoms with E-state index in [9.17, 15) is 4.79 Å². The monoisotopic (exact) mass is 392 g/mol. The molecule has 0 spiro atoms. The van der Waals surface area contributed by atoms with Crippen molar-refractivity contribution >= 4 is 33.3 Å². The molecule has 0 saturated heterocycles. The molecule has 0 bridgehead atoms. The van der Waals surface area contributed by atoms with E-state index in [1.54, 1.807) is 11.8 Å². The lowest BCUT2D eigenvalue weighted by Gasteiger charge is -2.13. The molecule has 5 heteroatoms. The van der Waals surface area contributed by atoms with Gasteiger partial charge in [0.2, 0.25) is 0 Å². The Balaban J connectivity index is 1.72. The summed E-state index contributed by atoms with van der Waals surface area (Å²) in [6.07, 6.45) is 0. The van der Waals surface area contributed by atoms with Crippen molar-refractivity contribution in [3.63, 3.8) is 0 Å². The van der Waals surface area contributed by atoms with Crippen LogP contribution in [0.25, 0.3) is 10.2 Å². The van der Waals surface area contributed by atoms with Crippen molar-refractivity contribution < 1.29 is 0 Å². The van der Waals surface area contributed by atoms with E-state index in [0.29, 0.717) is 6.54 Å². The van der Waals surface area contributed by atoms with Crippen LogP contribution in [0.3, 0.4) is 0 Å². The molecule has 0 unspecified atom stereocenters. The van der Waals surface area contributed by atoms with Gasteiger partial charge in [-0.1, -0.05) is 65.9 Å². The van der Waals surface area contributed by atoms with Gasteiger partial charge >= 0.3 is 0 Å². The van der Waals surface area contributed by atoms with Gasteiger partial charge in [0.05, 0.1) is 12.1 Å². The average Bonchev–Trinajstić information content (AvgIpc) is 3.14. The molecule has 0 fully saturated rings. The molecular formula is C22H20N2OS2. The zero-order valence-corrected chi connectivity index (χ0v) is 16.9. The van der Waals surface area contributed by atoms with Gasteiger partial charge in [-0.25, -0.2) is 4.98 Å². The molecule has 2 aromatic carbocycles. The van der Waals surface area contributed by atoms with E-state index >= 15 is 0 Å². The molecule has 0 atom stereocenters. The van der Waals surface area contributed by atoms with Crippen LogP contribution in [0.2, 0.25) is 0 Å². The van der Waals surface area contributed by atoms with Crippen molar-refractivity contribution in [1.29, 1.82) is 0 Å². The third-order valence-electron chi connectivity index (χ3n) is 4.61. The number of thioether (sulfide) groups is 1. The Morgan fingerprint density at radius 2 is 1.81 bits per heavy atom. The Bertz CT molecular complexity index is 1140. The Hall–Kier alpha value is -2.37. The minimum Gasteiger partial charge on any atom is -0.282 e. The average molecular weight is 393 g/mol. The van der Waals surface area contributed by atoms with E-state index in [-0.39, 0.29) is 5.56 Å². The highest BCUT2D eigenvalue weighted by atomic mass is 32.2. The minimum atomic E-state index is 0.0443. The summed E-state index contributed by atoms with van der Waals surface area (Å²) < 4.78 is 2.54. The lowest BCUT2D eigenvalue weighted by Crippen LogP contribution is -2.23. The fourth-order valence-corrected chi connectivity index (χ4v) is 4.82. The quantitative estimate of drug-likeness (QED) is 0.336. The first-order valence-corrected chi connectivity index (χ1v) is 10.7. The summed E-state index contributed by atoms with van der Waals surface area (Å²) in [6, 6.07) is 18.6. The Morgan fingerprint density at radius 1 is 1.04 bits per heavy atom. The number of rotatable bonds is 5. The minimum absolute atomic E-state index is 0.0443. The van der Waals surface area contributed by atoms with Gasteiger partial charge in [0, 0.05) is 5.75 Å². The van der Waals surface area contributed by atoms with Crippen LogP contribution in [0, 0.1) is 13.8 Å². The van der Waals surface area contributed by atoms with E-state index in [4.69, 9.17) is 4.98 Å². The van der Waals surface area contributed by atoms with Gasteiger partial charge in [-0.3, -0.25) is 9.36 Å². The molecule has 3 nitrogen and oxygen atoms in total. The molecule has 4 aromatic rings. The molecule has 0 aliphatic rings. The van der Waals surface area contributed by atoms with E-state index in [0.717, 1.165) is 26.7 Å². The second kappa shape index (κ2) is 7.71. The number of benzene rings is 2. The van der Waals surface area contributed by atoms with Crippen molar-refractivity contribution in [1.82, 2.24) is 9.55 Å². The summed E-state index contributed by atoms with van der Waals surface area (Å²) in [4.78, 5) is 17.9. The highest BCUT2D eigenvalue weighted by molar-refractivity contribution is 7.98. The van der Waals surface area contributed by atoms with E-state index in [1.165, 1.54) is 28.0 Å². The zero-order valence-electron chi connectivity index (χ0n) is 15.3. The first-order valence-electron chi connectivity index (χ1n) is 8.83. The van der Waals surface area contributed by atoms with Crippen LogP contribution in [-0.2, 0) is 12.3 Å². The van der Waals surface area contributed by atoms with Gasteiger partial charge in [-0.15, -0.1) is 11.3 Å². The molecule has 2 aromatic heterocycles. The molecule has 0 radical (unpaired) electrons. The van der Waals surface area contributed by atoms with Gasteiger partial charge in [0.1, 0.15) is 4.70 Å². The second-order valence-electron chi connectivity index (χ2n) is 6.62. The van der Waals surface area contributed by atoms with Crippen molar-refractivity contribution in [3.05, 3.63) is 92.6 Å². The Morgan fingerprint density at radius 3 is 2.59 bits per heavy atom. The van der Waals surface area contributed by atoms with Crippen LogP contribution in [0.15, 0.2) is 69.9 Å². The standard InChI is InChI=1S/C22H20N2OS2/c1-15-7-9-17(10-8-15)13-24-21(25)20-19(11-12-26-20)23-22(24)27-14-18-6-4-3-5-16(18)2/h3-12H,13-14H2,1-2H3. The number of fused-ring (bicyclic) bond motifs is 1. The summed E-state index contributed by atoms with van der Waals surface area (Å²) in [7, 11) is 0. The fourth-order valence-electron chi connectivity index (χ4n) is 2.96. The van der Waals surface area contributed by atoms with Crippen molar-refractivity contribution in [3.8, 4) is 0 Å². The number of aromatic nitrogens is 2. The summed E-state index contributed by atoms with van der Waals surface area (Å²) >= 11 is 3.09. The van der Waals surface area contributed by atoms with Crippen molar-refractivity contribution in [2.45, 2.75) is 31.3 Å². The summed E-state index contributed by atoms with van der Waals surface area (Å²) in [5.74, 6) is 0.794. The van der Waals surface area contributed by atoms with Gasteiger partial charge in [0.25, 0.3) is 5.56 Å². The lowest BCUT2D eigenvalue weighted by atomic mass is 10.1. The third kappa shape index (κ3) is 3.84. The van der Waals surface area contributed by atoms with Crippen LogP contribution >= 0.6 is 23.1 Å². The van der Waals surface area contributed by atoms with Crippen LogP contribution in [0.1, 0.15) is 22.3 Å². The predicted octanol–water partition coefficient (Wildman–Crippen LogP) is 5.42. The molecule has 0 saturated carbocycles. The molecule has 136 valence electrons. The van der Waals surface area contributed by atoms with Gasteiger partial charge in [-0.05, 0) is 42.0 Å². The number of aryl methyl sites for hydroxylation is 2. The largest absolute Gasteiger partial charge is 0.282 e. The van der Waals surface area contributed by atoms with Gasteiger partial charge in [0.15, 0.2) is 5.16 Å². The molecule has 2 heterocycles. The zero-order chi connectivity index (χ0) is 18.8. The van der Waals surface area contributed by atoms with Crippen molar-refractivity contribution in [2.75, 3.05) is 0 Å². The highest BCUT2D eigenvalue weighted by Gasteiger charge is 2.13. The fraction of sp³-hybridized carbons (Fsp3) is 0.182. The first kappa shape index (κ1) is 18.0.